The quantitative estimate of drug-likeness (QED) is 0.460. The van der Waals surface area contributed by atoms with Gasteiger partial charge in [0.15, 0.2) is 0 Å². The lowest BCUT2D eigenvalue weighted by molar-refractivity contribution is 0.283. The van der Waals surface area contributed by atoms with Gasteiger partial charge in [0.05, 0.1) is 0 Å². The minimum Gasteiger partial charge on any atom is -0.507 e. The molecular weight excluding hydrogens is 404 g/mol. The number of benzene rings is 2. The van der Waals surface area contributed by atoms with E-state index < -0.39 is 0 Å². The smallest absolute Gasteiger partial charge is 0.122 e. The zero-order valence-electron chi connectivity index (χ0n) is 23.3. The predicted octanol–water partition coefficient (Wildman–Crippen LogP) is 8.73. The van der Waals surface area contributed by atoms with Crippen molar-refractivity contribution in [3.63, 3.8) is 0 Å². The van der Waals surface area contributed by atoms with E-state index in [1.165, 1.54) is 11.1 Å². The van der Waals surface area contributed by atoms with Crippen LogP contribution in [0.4, 0.5) is 0 Å². The van der Waals surface area contributed by atoms with Crippen molar-refractivity contribution in [2.75, 3.05) is 0 Å². The standard InChI is InChI=1S/C31H48O2/c1-20-13-24(30(9,10)18-28(3,4)5)16-22(26(20)32)15-23-17-25(14-21(2)27(23)33)31(11,12)19-29(6,7)8/h13-14,16-17,32-33H,15,18-19H2,1-12H3. The average Bonchev–Trinajstić information content (AvgIpc) is 2.58. The summed E-state index contributed by atoms with van der Waals surface area (Å²) in [4.78, 5) is 0. The second-order valence-corrected chi connectivity index (χ2v) is 14.0. The predicted molar refractivity (Wildman–Crippen MR) is 143 cm³/mol. The highest BCUT2D eigenvalue weighted by molar-refractivity contribution is 5.52. The fraction of sp³-hybridized carbons (Fsp3) is 0.613. The Kier molecular flexibility index (Phi) is 7.45. The van der Waals surface area contributed by atoms with Crippen LogP contribution in [-0.2, 0) is 17.3 Å². The highest BCUT2D eigenvalue weighted by atomic mass is 16.3. The molecule has 0 fully saturated rings. The van der Waals surface area contributed by atoms with E-state index >= 15 is 0 Å². The molecule has 0 aliphatic rings. The molecule has 2 heteroatoms. The van der Waals surface area contributed by atoms with E-state index in [0.717, 1.165) is 35.1 Å². The molecule has 0 aliphatic carbocycles. The summed E-state index contributed by atoms with van der Waals surface area (Å²) in [5.74, 6) is 0.670. The summed E-state index contributed by atoms with van der Waals surface area (Å²) in [6.45, 7) is 26.7. The fourth-order valence-corrected chi connectivity index (χ4v) is 5.82. The summed E-state index contributed by atoms with van der Waals surface area (Å²) in [6, 6.07) is 8.54. The fourth-order valence-electron chi connectivity index (χ4n) is 5.82. The van der Waals surface area contributed by atoms with Crippen LogP contribution >= 0.6 is 0 Å². The van der Waals surface area contributed by atoms with Gasteiger partial charge in [-0.1, -0.05) is 93.5 Å². The van der Waals surface area contributed by atoms with E-state index in [1.807, 2.05) is 13.8 Å². The summed E-state index contributed by atoms with van der Waals surface area (Å²) in [5, 5.41) is 21.9. The van der Waals surface area contributed by atoms with Gasteiger partial charge >= 0.3 is 0 Å². The van der Waals surface area contributed by atoms with Crippen molar-refractivity contribution in [1.29, 1.82) is 0 Å². The Morgan fingerprint density at radius 1 is 0.545 bits per heavy atom. The van der Waals surface area contributed by atoms with Gasteiger partial charge in [-0.05, 0) is 81.7 Å². The number of phenolic OH excluding ortho intramolecular Hbond substituents is 2. The average molecular weight is 453 g/mol. The monoisotopic (exact) mass is 452 g/mol. The number of hydrogen-bond donors (Lipinski definition) is 2. The third kappa shape index (κ3) is 7.01. The Hall–Kier alpha value is -1.96. The number of phenols is 2. The number of hydrogen-bond acceptors (Lipinski definition) is 2. The summed E-state index contributed by atoms with van der Waals surface area (Å²) in [5.41, 5.74) is 6.41. The van der Waals surface area contributed by atoms with Gasteiger partial charge in [0.2, 0.25) is 0 Å². The van der Waals surface area contributed by atoms with Crippen molar-refractivity contribution in [2.45, 2.75) is 113 Å². The van der Waals surface area contributed by atoms with Crippen molar-refractivity contribution < 1.29 is 10.2 Å². The lowest BCUT2D eigenvalue weighted by Gasteiger charge is -2.34. The van der Waals surface area contributed by atoms with Crippen LogP contribution in [-0.4, -0.2) is 10.2 Å². The number of rotatable bonds is 6. The SMILES string of the molecule is Cc1cc(C(C)(C)CC(C)(C)C)cc(Cc2cc(C(C)(C)CC(C)(C)C)cc(C)c2O)c1O. The molecule has 0 spiro atoms. The molecule has 0 radical (unpaired) electrons. The first-order valence-corrected chi connectivity index (χ1v) is 12.4. The largest absolute Gasteiger partial charge is 0.507 e. The zero-order chi connectivity index (χ0) is 25.6. The normalized spacial score (nSPS) is 13.5. The first kappa shape index (κ1) is 27.3. The molecule has 184 valence electrons. The van der Waals surface area contributed by atoms with Crippen LogP contribution in [0.25, 0.3) is 0 Å². The van der Waals surface area contributed by atoms with Crippen molar-refractivity contribution >= 4 is 0 Å². The summed E-state index contributed by atoms with van der Waals surface area (Å²) in [6.07, 6.45) is 2.60. The summed E-state index contributed by atoms with van der Waals surface area (Å²) >= 11 is 0. The molecule has 0 saturated carbocycles. The molecular formula is C31H48O2. The van der Waals surface area contributed by atoms with Gasteiger partial charge in [-0.3, -0.25) is 0 Å². The highest BCUT2D eigenvalue weighted by Crippen LogP contribution is 2.42. The van der Waals surface area contributed by atoms with E-state index in [9.17, 15) is 10.2 Å². The topological polar surface area (TPSA) is 40.5 Å². The molecule has 2 N–H and O–H groups in total. The minimum atomic E-state index is -0.0139. The van der Waals surface area contributed by atoms with Gasteiger partial charge in [-0.25, -0.2) is 0 Å². The first-order valence-electron chi connectivity index (χ1n) is 12.4. The van der Waals surface area contributed by atoms with Crippen LogP contribution in [0.5, 0.6) is 11.5 Å². The first-order chi connectivity index (χ1) is 14.7. The molecule has 2 nitrogen and oxygen atoms in total. The summed E-state index contributed by atoms with van der Waals surface area (Å²) < 4.78 is 0. The van der Waals surface area contributed by atoms with E-state index in [0.29, 0.717) is 17.9 Å². The van der Waals surface area contributed by atoms with Crippen molar-refractivity contribution in [1.82, 2.24) is 0 Å². The molecule has 33 heavy (non-hydrogen) atoms. The van der Waals surface area contributed by atoms with Gasteiger partial charge in [0.25, 0.3) is 0 Å². The Balaban J connectivity index is 2.55. The summed E-state index contributed by atoms with van der Waals surface area (Å²) in [7, 11) is 0. The van der Waals surface area contributed by atoms with Crippen molar-refractivity contribution in [3.05, 3.63) is 57.6 Å². The minimum absolute atomic E-state index is 0.0139. The number of aromatic hydroxyl groups is 2. The second-order valence-electron chi connectivity index (χ2n) is 14.0. The molecule has 0 heterocycles. The molecule has 0 unspecified atom stereocenters. The molecule has 0 aliphatic heterocycles. The van der Waals surface area contributed by atoms with Gasteiger partial charge in [-0.15, -0.1) is 0 Å². The van der Waals surface area contributed by atoms with Crippen molar-refractivity contribution in [3.8, 4) is 11.5 Å². The molecule has 2 aromatic carbocycles. The lowest BCUT2D eigenvalue weighted by atomic mass is 9.71. The van der Waals surface area contributed by atoms with Gasteiger partial charge in [-0.2, -0.15) is 0 Å². The second kappa shape index (κ2) is 9.01. The molecule has 0 aromatic heterocycles. The van der Waals surface area contributed by atoms with E-state index in [4.69, 9.17) is 0 Å². The molecule has 2 aromatic rings. The lowest BCUT2D eigenvalue weighted by Crippen LogP contribution is -2.25. The molecule has 0 amide bonds. The number of aryl methyl sites for hydroxylation is 2. The third-order valence-corrected chi connectivity index (χ3v) is 6.65. The van der Waals surface area contributed by atoms with Crippen LogP contribution < -0.4 is 0 Å². The Bertz CT molecular complexity index is 914. The Labute approximate surface area is 203 Å². The van der Waals surface area contributed by atoms with E-state index in [2.05, 4.69) is 93.5 Å². The molecule has 0 saturated heterocycles. The van der Waals surface area contributed by atoms with E-state index in [1.54, 1.807) is 0 Å². The maximum Gasteiger partial charge on any atom is 0.122 e. The maximum absolute atomic E-state index is 10.9. The van der Waals surface area contributed by atoms with E-state index in [-0.39, 0.29) is 21.7 Å². The maximum atomic E-state index is 10.9. The Morgan fingerprint density at radius 3 is 1.12 bits per heavy atom. The van der Waals surface area contributed by atoms with Gasteiger partial charge in [0, 0.05) is 6.42 Å². The van der Waals surface area contributed by atoms with Gasteiger partial charge < -0.3 is 10.2 Å². The van der Waals surface area contributed by atoms with Crippen LogP contribution in [0.2, 0.25) is 0 Å². The highest BCUT2D eigenvalue weighted by Gasteiger charge is 2.30. The van der Waals surface area contributed by atoms with Crippen LogP contribution in [0.15, 0.2) is 24.3 Å². The van der Waals surface area contributed by atoms with Crippen LogP contribution in [0.1, 0.15) is 115 Å². The van der Waals surface area contributed by atoms with Crippen LogP contribution in [0.3, 0.4) is 0 Å². The molecule has 0 atom stereocenters. The molecule has 0 bridgehead atoms. The van der Waals surface area contributed by atoms with Crippen LogP contribution in [0, 0.1) is 24.7 Å². The zero-order valence-corrected chi connectivity index (χ0v) is 23.3. The van der Waals surface area contributed by atoms with Crippen molar-refractivity contribution in [2.24, 2.45) is 10.8 Å². The Morgan fingerprint density at radius 2 is 0.848 bits per heavy atom. The molecule has 2 rings (SSSR count). The third-order valence-electron chi connectivity index (χ3n) is 6.65. The van der Waals surface area contributed by atoms with Gasteiger partial charge in [0.1, 0.15) is 11.5 Å².